The molecule has 0 aliphatic carbocycles. The molecule has 1 aliphatic rings. The van der Waals surface area contributed by atoms with E-state index >= 15 is 0 Å². The first-order valence-corrected chi connectivity index (χ1v) is 4.83. The lowest BCUT2D eigenvalue weighted by atomic mass is 10.1. The van der Waals surface area contributed by atoms with Crippen LogP contribution >= 0.6 is 0 Å². The van der Waals surface area contributed by atoms with E-state index in [4.69, 9.17) is 10.6 Å². The highest BCUT2D eigenvalue weighted by Crippen LogP contribution is 2.16. The second-order valence-corrected chi connectivity index (χ2v) is 3.55. The average Bonchev–Trinajstić information content (AvgIpc) is 2.57. The third-order valence-electron chi connectivity index (χ3n) is 2.56. The number of hydrazine groups is 1. The van der Waals surface area contributed by atoms with Crippen LogP contribution in [0.2, 0.25) is 0 Å². The van der Waals surface area contributed by atoms with Gasteiger partial charge in [-0.1, -0.05) is 0 Å². The van der Waals surface area contributed by atoms with E-state index in [2.05, 4.69) is 5.10 Å². The fourth-order valence-corrected chi connectivity index (χ4v) is 1.75. The van der Waals surface area contributed by atoms with E-state index in [1.165, 1.54) is 11.3 Å². The molecule has 78 valence electrons. The zero-order valence-electron chi connectivity index (χ0n) is 8.44. The van der Waals surface area contributed by atoms with E-state index in [9.17, 15) is 0 Å². The van der Waals surface area contributed by atoms with E-state index in [1.54, 1.807) is 7.11 Å². The molecule has 5 heteroatoms. The van der Waals surface area contributed by atoms with Crippen molar-refractivity contribution in [2.45, 2.75) is 19.5 Å². The van der Waals surface area contributed by atoms with Gasteiger partial charge in [0.05, 0.1) is 31.6 Å². The summed E-state index contributed by atoms with van der Waals surface area (Å²) in [6.07, 6.45) is 2.94. The molecule has 2 N–H and O–H groups in total. The zero-order valence-corrected chi connectivity index (χ0v) is 8.44. The Balaban J connectivity index is 2.13. The first kappa shape index (κ1) is 9.64. The van der Waals surface area contributed by atoms with Crippen LogP contribution in [0.5, 0.6) is 0 Å². The number of fused-ring (bicyclic) bond motifs is 1. The second kappa shape index (κ2) is 4.08. The van der Waals surface area contributed by atoms with Gasteiger partial charge in [-0.25, -0.2) is 5.01 Å². The maximum atomic E-state index is 5.77. The van der Waals surface area contributed by atoms with Gasteiger partial charge in [0, 0.05) is 13.7 Å². The van der Waals surface area contributed by atoms with E-state index in [0.717, 1.165) is 26.1 Å². The molecule has 0 aromatic carbocycles. The summed E-state index contributed by atoms with van der Waals surface area (Å²) in [6.45, 7) is 3.21. The number of ether oxygens (including phenoxy) is 1. The highest BCUT2D eigenvalue weighted by molar-refractivity contribution is 5.20. The Labute approximate surface area is 83.4 Å². The van der Waals surface area contributed by atoms with Gasteiger partial charge in [0.2, 0.25) is 0 Å². The summed E-state index contributed by atoms with van der Waals surface area (Å²) in [5, 5.41) is 6.15. The van der Waals surface area contributed by atoms with Crippen molar-refractivity contribution in [1.82, 2.24) is 14.8 Å². The molecule has 5 nitrogen and oxygen atoms in total. The Morgan fingerprint density at radius 3 is 3.29 bits per heavy atom. The Bertz CT molecular complexity index is 310. The number of nitrogens with zero attached hydrogens (tertiary/aromatic N) is 3. The number of nitrogens with two attached hydrogens (primary N) is 1. The maximum Gasteiger partial charge on any atom is 0.0659 e. The van der Waals surface area contributed by atoms with Gasteiger partial charge >= 0.3 is 0 Å². The van der Waals surface area contributed by atoms with Crippen molar-refractivity contribution >= 4 is 0 Å². The Kier molecular flexibility index (Phi) is 2.81. The van der Waals surface area contributed by atoms with Crippen LogP contribution in [0.3, 0.4) is 0 Å². The smallest absolute Gasteiger partial charge is 0.0659 e. The number of hydrogen-bond acceptors (Lipinski definition) is 4. The van der Waals surface area contributed by atoms with Gasteiger partial charge in [-0.15, -0.1) is 0 Å². The van der Waals surface area contributed by atoms with E-state index in [0.29, 0.717) is 6.61 Å². The minimum atomic E-state index is 0.693. The van der Waals surface area contributed by atoms with Crippen LogP contribution in [-0.4, -0.2) is 35.1 Å². The molecule has 14 heavy (non-hydrogen) atoms. The number of aromatic nitrogens is 2. The summed E-state index contributed by atoms with van der Waals surface area (Å²) in [5.74, 6) is 5.77. The van der Waals surface area contributed by atoms with Crippen LogP contribution in [-0.2, 0) is 24.2 Å². The molecular weight excluding hydrogens is 180 g/mol. The van der Waals surface area contributed by atoms with Gasteiger partial charge in [-0.05, 0) is 12.0 Å². The molecule has 1 aliphatic heterocycles. The number of methoxy groups -OCH3 is 1. The predicted octanol–water partition coefficient (Wildman–Crippen LogP) is -0.239. The van der Waals surface area contributed by atoms with E-state index < -0.39 is 0 Å². The third-order valence-corrected chi connectivity index (χ3v) is 2.56. The van der Waals surface area contributed by atoms with Crippen LogP contribution in [0.1, 0.15) is 11.3 Å². The Morgan fingerprint density at radius 2 is 2.50 bits per heavy atom. The van der Waals surface area contributed by atoms with Gasteiger partial charge in [-0.3, -0.25) is 10.5 Å². The molecule has 1 aromatic rings. The average molecular weight is 196 g/mol. The Hall–Kier alpha value is -0.910. The van der Waals surface area contributed by atoms with Crippen LogP contribution in [0.15, 0.2) is 6.20 Å². The molecule has 1 aromatic heterocycles. The molecule has 0 saturated heterocycles. The summed E-state index contributed by atoms with van der Waals surface area (Å²) in [5.41, 5.74) is 2.55. The molecule has 2 rings (SSSR count). The Morgan fingerprint density at radius 1 is 1.64 bits per heavy atom. The molecule has 0 unspecified atom stereocenters. The SMILES string of the molecule is COCCn1ncc2c1CN(N)CC2. The maximum absolute atomic E-state index is 5.77. The lowest BCUT2D eigenvalue weighted by Crippen LogP contribution is -2.37. The standard InChI is InChI=1S/C9H16N4O/c1-14-5-4-13-9-7-12(10)3-2-8(9)6-11-13/h6H,2-5,7,10H2,1H3. The van der Waals surface area contributed by atoms with Crippen molar-refractivity contribution in [3.63, 3.8) is 0 Å². The van der Waals surface area contributed by atoms with Crippen molar-refractivity contribution < 1.29 is 4.74 Å². The largest absolute Gasteiger partial charge is 0.383 e. The fraction of sp³-hybridized carbons (Fsp3) is 0.667. The minimum Gasteiger partial charge on any atom is -0.383 e. The molecule has 0 radical (unpaired) electrons. The van der Waals surface area contributed by atoms with Gasteiger partial charge in [-0.2, -0.15) is 5.10 Å². The lowest BCUT2D eigenvalue weighted by Gasteiger charge is -2.22. The van der Waals surface area contributed by atoms with Crippen LogP contribution < -0.4 is 5.84 Å². The minimum absolute atomic E-state index is 0.693. The predicted molar refractivity (Wildman–Crippen MR) is 52.4 cm³/mol. The number of hydrogen-bond donors (Lipinski definition) is 1. The molecule has 0 amide bonds. The van der Waals surface area contributed by atoms with Gasteiger partial charge in [0.15, 0.2) is 0 Å². The van der Waals surface area contributed by atoms with Crippen LogP contribution in [0.25, 0.3) is 0 Å². The van der Waals surface area contributed by atoms with Crippen molar-refractivity contribution in [3.05, 3.63) is 17.5 Å². The first-order valence-electron chi connectivity index (χ1n) is 4.83. The van der Waals surface area contributed by atoms with E-state index in [-0.39, 0.29) is 0 Å². The fourth-order valence-electron chi connectivity index (χ4n) is 1.75. The molecule has 0 spiro atoms. The lowest BCUT2D eigenvalue weighted by molar-refractivity contribution is 0.178. The summed E-state index contributed by atoms with van der Waals surface area (Å²) < 4.78 is 7.01. The second-order valence-electron chi connectivity index (χ2n) is 3.55. The molecule has 0 saturated carbocycles. The first-order chi connectivity index (χ1) is 6.81. The van der Waals surface area contributed by atoms with Crippen molar-refractivity contribution in [3.8, 4) is 0 Å². The normalized spacial score (nSPS) is 17.0. The van der Waals surface area contributed by atoms with Gasteiger partial charge in [0.1, 0.15) is 0 Å². The molecule has 2 heterocycles. The molecule has 0 atom stereocenters. The number of rotatable bonds is 3. The summed E-state index contributed by atoms with van der Waals surface area (Å²) in [7, 11) is 1.70. The van der Waals surface area contributed by atoms with Gasteiger partial charge in [0.25, 0.3) is 0 Å². The van der Waals surface area contributed by atoms with Gasteiger partial charge < -0.3 is 4.74 Å². The molecule has 0 bridgehead atoms. The van der Waals surface area contributed by atoms with Crippen molar-refractivity contribution in [2.24, 2.45) is 5.84 Å². The third kappa shape index (κ3) is 1.79. The van der Waals surface area contributed by atoms with Crippen molar-refractivity contribution in [2.75, 3.05) is 20.3 Å². The van der Waals surface area contributed by atoms with Crippen LogP contribution in [0, 0.1) is 0 Å². The molecule has 0 fully saturated rings. The van der Waals surface area contributed by atoms with E-state index in [1.807, 2.05) is 15.9 Å². The van der Waals surface area contributed by atoms with Crippen molar-refractivity contribution in [1.29, 1.82) is 0 Å². The summed E-state index contributed by atoms with van der Waals surface area (Å²) >= 11 is 0. The highest BCUT2D eigenvalue weighted by atomic mass is 16.5. The summed E-state index contributed by atoms with van der Waals surface area (Å²) in [4.78, 5) is 0. The zero-order chi connectivity index (χ0) is 9.97. The monoisotopic (exact) mass is 196 g/mol. The van der Waals surface area contributed by atoms with Crippen LogP contribution in [0.4, 0.5) is 0 Å². The highest BCUT2D eigenvalue weighted by Gasteiger charge is 2.18. The molecular formula is C9H16N4O. The quantitative estimate of drug-likeness (QED) is 0.678. The topological polar surface area (TPSA) is 56.3 Å². The summed E-state index contributed by atoms with van der Waals surface area (Å²) in [6, 6.07) is 0.